The van der Waals surface area contributed by atoms with Gasteiger partial charge in [0.1, 0.15) is 18.1 Å². The van der Waals surface area contributed by atoms with Gasteiger partial charge in [-0.2, -0.15) is 23.5 Å². The first-order valence-electron chi connectivity index (χ1n) is 14.9. The van der Waals surface area contributed by atoms with Crippen molar-refractivity contribution in [2.45, 2.75) is 55.1 Å². The third-order valence-corrected chi connectivity index (χ3v) is 10.5. The van der Waals surface area contributed by atoms with Crippen LogP contribution in [0, 0.1) is 0 Å². The van der Waals surface area contributed by atoms with E-state index in [1.54, 1.807) is 0 Å². The van der Waals surface area contributed by atoms with E-state index in [0.29, 0.717) is 11.5 Å². The summed E-state index contributed by atoms with van der Waals surface area (Å²) < 4.78 is -0.693. The average Bonchev–Trinajstić information content (AvgIpc) is 3.03. The minimum atomic E-state index is -1.03. The molecule has 4 amide bonds. The fourth-order valence-electron chi connectivity index (χ4n) is 5.34. The summed E-state index contributed by atoms with van der Waals surface area (Å²) in [6, 6.07) is 24.4. The Kier molecular flexibility index (Phi) is 12.1. The van der Waals surface area contributed by atoms with Crippen LogP contribution in [-0.4, -0.2) is 69.8 Å². The van der Waals surface area contributed by atoms with Gasteiger partial charge < -0.3 is 27.4 Å². The number of benzene rings is 3. The first-order chi connectivity index (χ1) is 21.6. The highest BCUT2D eigenvalue weighted by Crippen LogP contribution is 2.30. The van der Waals surface area contributed by atoms with E-state index in [2.05, 4.69) is 16.0 Å². The van der Waals surface area contributed by atoms with Gasteiger partial charge >= 0.3 is 0 Å². The summed E-state index contributed by atoms with van der Waals surface area (Å²) in [6.07, 6.45) is 0.175. The minimum absolute atomic E-state index is 0.175. The van der Waals surface area contributed by atoms with Gasteiger partial charge in [-0.15, -0.1) is 0 Å². The Morgan fingerprint density at radius 3 is 1.98 bits per heavy atom. The molecule has 0 saturated carbocycles. The number of carbonyl (C=O) groups is 4. The lowest BCUT2D eigenvalue weighted by molar-refractivity contribution is -0.133. The molecule has 1 heterocycles. The van der Waals surface area contributed by atoms with E-state index in [4.69, 9.17) is 11.5 Å². The molecule has 0 spiro atoms. The number of amides is 4. The van der Waals surface area contributed by atoms with Gasteiger partial charge in [-0.1, -0.05) is 91.0 Å². The van der Waals surface area contributed by atoms with Gasteiger partial charge in [-0.05, 0) is 30.5 Å². The molecule has 1 unspecified atom stereocenters. The van der Waals surface area contributed by atoms with Gasteiger partial charge in [0.2, 0.25) is 23.6 Å². The Hall–Kier alpha value is -3.80. The SMILES string of the molecule is CC1(C)SCCSCC(NC(=O)[C@@H](N)C(c2ccccc2)c2ccccc2)C(=O)N[C@@H](Cc2ccccc2)C(=O)N[C@H]1C(N)=O. The molecule has 1 saturated heterocycles. The van der Waals surface area contributed by atoms with Crippen molar-refractivity contribution in [3.63, 3.8) is 0 Å². The van der Waals surface area contributed by atoms with Crippen LogP contribution in [0.5, 0.6) is 0 Å². The highest BCUT2D eigenvalue weighted by molar-refractivity contribution is 8.03. The quantitative estimate of drug-likeness (QED) is 0.252. The Morgan fingerprint density at radius 2 is 1.42 bits per heavy atom. The Balaban J connectivity index is 1.60. The van der Waals surface area contributed by atoms with Gasteiger partial charge in [0.25, 0.3) is 0 Å². The van der Waals surface area contributed by atoms with Gasteiger partial charge in [0.05, 0.1) is 6.04 Å². The molecule has 0 aromatic heterocycles. The molecule has 3 aromatic carbocycles. The van der Waals surface area contributed by atoms with Crippen molar-refractivity contribution in [3.05, 3.63) is 108 Å². The van der Waals surface area contributed by atoms with Crippen LogP contribution < -0.4 is 27.4 Å². The van der Waals surface area contributed by atoms with Crippen LogP contribution in [0.15, 0.2) is 91.0 Å². The molecule has 11 heteroatoms. The number of hydrogen-bond acceptors (Lipinski definition) is 7. The van der Waals surface area contributed by atoms with E-state index in [0.717, 1.165) is 16.7 Å². The molecule has 1 aliphatic heterocycles. The summed E-state index contributed by atoms with van der Waals surface area (Å²) in [6.45, 7) is 3.73. The number of nitrogens with one attached hydrogen (secondary N) is 3. The summed E-state index contributed by atoms with van der Waals surface area (Å²) in [5.74, 6) is -1.09. The van der Waals surface area contributed by atoms with E-state index >= 15 is 0 Å². The highest BCUT2D eigenvalue weighted by atomic mass is 32.2. The second kappa shape index (κ2) is 16.0. The monoisotopic (exact) mass is 647 g/mol. The maximum absolute atomic E-state index is 13.8. The van der Waals surface area contributed by atoms with Crippen LogP contribution in [0.25, 0.3) is 0 Å². The van der Waals surface area contributed by atoms with E-state index in [9.17, 15) is 19.2 Å². The van der Waals surface area contributed by atoms with Crippen molar-refractivity contribution in [3.8, 4) is 0 Å². The van der Waals surface area contributed by atoms with Crippen molar-refractivity contribution in [1.82, 2.24) is 16.0 Å². The predicted octanol–water partition coefficient (Wildman–Crippen LogP) is 2.59. The number of primary amides is 1. The van der Waals surface area contributed by atoms with Gasteiger partial charge in [-0.3, -0.25) is 19.2 Å². The summed E-state index contributed by atoms with van der Waals surface area (Å²) >= 11 is 3.01. The molecule has 0 radical (unpaired) electrons. The largest absolute Gasteiger partial charge is 0.368 e. The summed E-state index contributed by atoms with van der Waals surface area (Å²) in [4.78, 5) is 53.7. The zero-order valence-electron chi connectivity index (χ0n) is 25.5. The van der Waals surface area contributed by atoms with Crippen LogP contribution in [0.4, 0.5) is 0 Å². The van der Waals surface area contributed by atoms with Crippen LogP contribution in [0.1, 0.15) is 36.5 Å². The summed E-state index contributed by atoms with van der Waals surface area (Å²) in [7, 11) is 0. The predicted molar refractivity (Wildman–Crippen MR) is 182 cm³/mol. The first kappa shape index (κ1) is 34.1. The summed E-state index contributed by atoms with van der Waals surface area (Å²) in [5.41, 5.74) is 15.0. The van der Waals surface area contributed by atoms with Gasteiger partial charge in [0.15, 0.2) is 0 Å². The number of hydrogen-bond donors (Lipinski definition) is 5. The first-order valence-corrected chi connectivity index (χ1v) is 17.0. The molecule has 0 bridgehead atoms. The average molecular weight is 648 g/mol. The fraction of sp³-hybridized carbons (Fsp3) is 0.353. The third kappa shape index (κ3) is 9.35. The maximum Gasteiger partial charge on any atom is 0.244 e. The summed E-state index contributed by atoms with van der Waals surface area (Å²) in [5, 5.41) is 8.54. The number of rotatable bonds is 8. The molecule has 0 aliphatic carbocycles. The van der Waals surface area contributed by atoms with E-state index in [1.807, 2.05) is 105 Å². The maximum atomic E-state index is 13.8. The molecular weight excluding hydrogens is 607 g/mol. The molecular formula is C34H41N5O4S2. The number of nitrogens with two attached hydrogens (primary N) is 2. The van der Waals surface area contributed by atoms with E-state index < -0.39 is 58.5 Å². The van der Waals surface area contributed by atoms with Crippen LogP contribution in [0.3, 0.4) is 0 Å². The van der Waals surface area contributed by atoms with E-state index in [-0.39, 0.29) is 12.2 Å². The molecule has 1 aliphatic rings. The lowest BCUT2D eigenvalue weighted by Gasteiger charge is -2.33. The van der Waals surface area contributed by atoms with Crippen molar-refractivity contribution in [2.75, 3.05) is 17.3 Å². The second-order valence-corrected chi connectivity index (χ2v) is 14.4. The molecule has 45 heavy (non-hydrogen) atoms. The van der Waals surface area contributed by atoms with Crippen molar-refractivity contribution >= 4 is 47.2 Å². The van der Waals surface area contributed by atoms with Crippen molar-refractivity contribution < 1.29 is 19.2 Å². The zero-order chi connectivity index (χ0) is 32.4. The van der Waals surface area contributed by atoms with Crippen molar-refractivity contribution in [1.29, 1.82) is 0 Å². The molecule has 9 nitrogen and oxygen atoms in total. The lowest BCUT2D eigenvalue weighted by Crippen LogP contribution is -2.61. The molecule has 3 aromatic rings. The normalized spacial score (nSPS) is 21.6. The smallest absolute Gasteiger partial charge is 0.244 e. The van der Waals surface area contributed by atoms with Crippen LogP contribution >= 0.6 is 23.5 Å². The lowest BCUT2D eigenvalue weighted by atomic mass is 9.85. The van der Waals surface area contributed by atoms with E-state index in [1.165, 1.54) is 23.5 Å². The zero-order valence-corrected chi connectivity index (χ0v) is 27.1. The Bertz CT molecular complexity index is 1400. The Labute approximate surface area is 273 Å². The van der Waals surface area contributed by atoms with Crippen LogP contribution in [0.2, 0.25) is 0 Å². The molecule has 238 valence electrons. The number of carbonyl (C=O) groups excluding carboxylic acids is 4. The van der Waals surface area contributed by atoms with Crippen LogP contribution in [-0.2, 0) is 25.6 Å². The molecule has 1 fully saturated rings. The standard InChI is InChI=1S/C34H41N5O4S2/c1-34(2)29(30(36)40)39-31(41)25(20-22-12-6-3-7-13-22)37-32(42)26(21-44-18-19-45-34)38-33(43)28(35)27(23-14-8-4-9-15-23)24-16-10-5-11-17-24/h3-17,25-29H,18-21,35H2,1-2H3,(H2,36,40)(H,37,42)(H,38,43)(H,39,41)/t25-,26?,28-,29-/m0/s1. The molecule has 4 rings (SSSR count). The third-order valence-electron chi connectivity index (χ3n) is 7.78. The Morgan fingerprint density at radius 1 is 0.867 bits per heavy atom. The molecule has 7 N–H and O–H groups in total. The minimum Gasteiger partial charge on any atom is -0.368 e. The van der Waals surface area contributed by atoms with Crippen molar-refractivity contribution in [2.24, 2.45) is 11.5 Å². The topological polar surface area (TPSA) is 156 Å². The highest BCUT2D eigenvalue weighted by Gasteiger charge is 2.38. The number of thioether (sulfide) groups is 2. The molecule has 4 atom stereocenters. The van der Waals surface area contributed by atoms with Gasteiger partial charge in [0, 0.05) is 34.3 Å². The van der Waals surface area contributed by atoms with Gasteiger partial charge in [-0.25, -0.2) is 0 Å². The fourth-order valence-corrected chi connectivity index (χ4v) is 7.65. The second-order valence-electron chi connectivity index (χ2n) is 11.5.